The number of nitrogens with two attached hydrogens (primary N) is 1. The van der Waals surface area contributed by atoms with Gasteiger partial charge in [-0.05, 0) is 36.6 Å². The van der Waals surface area contributed by atoms with Crippen LogP contribution in [0.1, 0.15) is 22.7 Å². The maximum atomic E-state index is 6.01. The van der Waals surface area contributed by atoms with Crippen LogP contribution in [-0.4, -0.2) is 0 Å². The molecule has 0 fully saturated rings. The van der Waals surface area contributed by atoms with E-state index in [-0.39, 0.29) is 6.04 Å². The Morgan fingerprint density at radius 3 is 2.61 bits per heavy atom. The van der Waals surface area contributed by atoms with E-state index in [0.29, 0.717) is 0 Å². The van der Waals surface area contributed by atoms with Gasteiger partial charge in [0.2, 0.25) is 0 Å². The van der Waals surface area contributed by atoms with E-state index < -0.39 is 0 Å². The number of hydrogen-bond acceptors (Lipinski definition) is 2. The summed E-state index contributed by atoms with van der Waals surface area (Å²) in [6.07, 6.45) is 0.846. The summed E-state index contributed by atoms with van der Waals surface area (Å²) in [5, 5.41) is 0.733. The van der Waals surface area contributed by atoms with Crippen molar-refractivity contribution in [2.45, 2.75) is 19.4 Å². The van der Waals surface area contributed by atoms with E-state index >= 15 is 0 Å². The molecule has 0 bridgehead atoms. The van der Waals surface area contributed by atoms with Crippen LogP contribution in [0.5, 0.6) is 0 Å². The Morgan fingerprint density at radius 1 is 1.17 bits per heavy atom. The fraction of sp³-hybridized carbons (Fsp3) is 0.200. The van der Waals surface area contributed by atoms with Gasteiger partial charge in [-0.15, -0.1) is 0 Å². The molecule has 0 amide bonds. The zero-order valence-corrected chi connectivity index (χ0v) is 11.1. The molecule has 94 valence electrons. The average Bonchev–Trinajstić information content (AvgIpc) is 2.36. The summed E-state index contributed by atoms with van der Waals surface area (Å²) in [6.45, 7) is 2.09. The lowest BCUT2D eigenvalue weighted by Crippen LogP contribution is -2.29. The summed E-state index contributed by atoms with van der Waals surface area (Å²) in [5.41, 5.74) is 6.48. The number of benzene rings is 2. The first kappa shape index (κ1) is 13.1. The molecule has 0 spiro atoms. The van der Waals surface area contributed by atoms with Crippen LogP contribution in [0.15, 0.2) is 48.5 Å². The summed E-state index contributed by atoms with van der Waals surface area (Å²) in [4.78, 5) is 0. The summed E-state index contributed by atoms with van der Waals surface area (Å²) >= 11 is 6.01. The van der Waals surface area contributed by atoms with Gasteiger partial charge in [-0.2, -0.15) is 0 Å². The molecule has 3 heteroatoms. The highest BCUT2D eigenvalue weighted by Crippen LogP contribution is 2.21. The van der Waals surface area contributed by atoms with E-state index in [4.69, 9.17) is 17.4 Å². The molecule has 0 aromatic heterocycles. The van der Waals surface area contributed by atoms with E-state index in [1.165, 1.54) is 11.1 Å². The number of hydrogen-bond donors (Lipinski definition) is 2. The van der Waals surface area contributed by atoms with Crippen molar-refractivity contribution in [1.82, 2.24) is 5.43 Å². The first-order valence-corrected chi connectivity index (χ1v) is 6.34. The molecule has 2 nitrogen and oxygen atoms in total. The minimum Gasteiger partial charge on any atom is -0.271 e. The van der Waals surface area contributed by atoms with Crippen LogP contribution in [0.4, 0.5) is 0 Å². The maximum Gasteiger partial charge on any atom is 0.0500 e. The van der Waals surface area contributed by atoms with Crippen LogP contribution in [0.2, 0.25) is 5.02 Å². The van der Waals surface area contributed by atoms with Gasteiger partial charge >= 0.3 is 0 Å². The Labute approximate surface area is 113 Å². The van der Waals surface area contributed by atoms with Crippen LogP contribution >= 0.6 is 11.6 Å². The molecule has 0 aliphatic rings. The zero-order chi connectivity index (χ0) is 13.0. The van der Waals surface area contributed by atoms with E-state index in [9.17, 15) is 0 Å². The van der Waals surface area contributed by atoms with Gasteiger partial charge < -0.3 is 0 Å². The fourth-order valence-corrected chi connectivity index (χ4v) is 2.27. The molecule has 3 N–H and O–H groups in total. The topological polar surface area (TPSA) is 38.0 Å². The van der Waals surface area contributed by atoms with Crippen LogP contribution in [0.25, 0.3) is 0 Å². The molecule has 0 aliphatic carbocycles. The Bertz CT molecular complexity index is 525. The molecule has 18 heavy (non-hydrogen) atoms. The number of aryl methyl sites for hydroxylation is 1. The second-order valence-electron chi connectivity index (χ2n) is 4.47. The SMILES string of the molecule is Cc1cccc(CC(NN)c2cccc(Cl)c2)c1. The minimum absolute atomic E-state index is 0.0745. The van der Waals surface area contributed by atoms with Crippen molar-refractivity contribution in [2.24, 2.45) is 5.84 Å². The predicted molar refractivity (Wildman–Crippen MR) is 76.4 cm³/mol. The average molecular weight is 261 g/mol. The number of nitrogens with one attached hydrogen (secondary N) is 1. The molecule has 0 radical (unpaired) electrons. The van der Waals surface area contributed by atoms with Crippen LogP contribution in [0.3, 0.4) is 0 Å². The molecular formula is C15H17ClN2. The minimum atomic E-state index is 0.0745. The first-order valence-electron chi connectivity index (χ1n) is 5.96. The maximum absolute atomic E-state index is 6.01. The highest BCUT2D eigenvalue weighted by molar-refractivity contribution is 6.30. The Kier molecular flexibility index (Phi) is 4.37. The van der Waals surface area contributed by atoms with Gasteiger partial charge in [0.05, 0.1) is 6.04 Å². The zero-order valence-electron chi connectivity index (χ0n) is 10.4. The number of rotatable bonds is 4. The van der Waals surface area contributed by atoms with Crippen molar-refractivity contribution in [3.63, 3.8) is 0 Å². The lowest BCUT2D eigenvalue weighted by molar-refractivity contribution is 0.552. The summed E-state index contributed by atoms with van der Waals surface area (Å²) in [5.74, 6) is 5.65. The first-order chi connectivity index (χ1) is 8.69. The second kappa shape index (κ2) is 6.01. The summed E-state index contributed by atoms with van der Waals surface area (Å²) in [6, 6.07) is 16.3. The third kappa shape index (κ3) is 3.33. The molecule has 1 atom stereocenters. The molecule has 0 saturated heterocycles. The normalized spacial score (nSPS) is 12.4. The van der Waals surface area contributed by atoms with E-state index in [2.05, 4.69) is 36.6 Å². The summed E-state index contributed by atoms with van der Waals surface area (Å²) in [7, 11) is 0. The molecule has 0 saturated carbocycles. The van der Waals surface area contributed by atoms with Gasteiger partial charge in [-0.25, -0.2) is 0 Å². The molecule has 2 aromatic rings. The third-order valence-corrected chi connectivity index (χ3v) is 3.21. The van der Waals surface area contributed by atoms with Crippen molar-refractivity contribution in [3.05, 3.63) is 70.2 Å². The largest absolute Gasteiger partial charge is 0.271 e. The van der Waals surface area contributed by atoms with E-state index in [1.54, 1.807) is 0 Å². The highest BCUT2D eigenvalue weighted by Gasteiger charge is 2.10. The van der Waals surface area contributed by atoms with Crippen molar-refractivity contribution < 1.29 is 0 Å². The lowest BCUT2D eigenvalue weighted by Gasteiger charge is -2.17. The van der Waals surface area contributed by atoms with Gasteiger partial charge in [0.1, 0.15) is 0 Å². The van der Waals surface area contributed by atoms with Crippen molar-refractivity contribution >= 4 is 11.6 Å². The number of hydrazine groups is 1. The molecule has 1 unspecified atom stereocenters. The Balaban J connectivity index is 2.19. The van der Waals surface area contributed by atoms with Crippen molar-refractivity contribution in [3.8, 4) is 0 Å². The van der Waals surface area contributed by atoms with Crippen LogP contribution in [0, 0.1) is 6.92 Å². The van der Waals surface area contributed by atoms with Crippen LogP contribution in [-0.2, 0) is 6.42 Å². The van der Waals surface area contributed by atoms with Gasteiger partial charge in [0, 0.05) is 5.02 Å². The predicted octanol–water partition coefficient (Wildman–Crippen LogP) is 3.40. The van der Waals surface area contributed by atoms with Crippen molar-refractivity contribution in [1.29, 1.82) is 0 Å². The van der Waals surface area contributed by atoms with Gasteiger partial charge in [0.15, 0.2) is 0 Å². The molecule has 2 aromatic carbocycles. The van der Waals surface area contributed by atoms with Crippen molar-refractivity contribution in [2.75, 3.05) is 0 Å². The van der Waals surface area contributed by atoms with E-state index in [1.807, 2.05) is 24.3 Å². The van der Waals surface area contributed by atoms with Gasteiger partial charge in [-0.3, -0.25) is 11.3 Å². The third-order valence-electron chi connectivity index (χ3n) is 2.97. The molecule has 0 aliphatic heterocycles. The second-order valence-corrected chi connectivity index (χ2v) is 4.90. The Morgan fingerprint density at radius 2 is 1.94 bits per heavy atom. The quantitative estimate of drug-likeness (QED) is 0.653. The molecular weight excluding hydrogens is 244 g/mol. The molecule has 2 rings (SSSR count). The van der Waals surface area contributed by atoms with Gasteiger partial charge in [-0.1, -0.05) is 53.6 Å². The highest BCUT2D eigenvalue weighted by atomic mass is 35.5. The monoisotopic (exact) mass is 260 g/mol. The fourth-order valence-electron chi connectivity index (χ4n) is 2.07. The van der Waals surface area contributed by atoms with Gasteiger partial charge in [0.25, 0.3) is 0 Å². The lowest BCUT2D eigenvalue weighted by atomic mass is 9.98. The number of halogens is 1. The molecule has 0 heterocycles. The standard InChI is InChI=1S/C15H17ClN2/c1-11-4-2-5-12(8-11)9-15(18-17)13-6-3-7-14(16)10-13/h2-8,10,15,18H,9,17H2,1H3. The van der Waals surface area contributed by atoms with E-state index in [0.717, 1.165) is 17.0 Å². The smallest absolute Gasteiger partial charge is 0.0500 e. The Hall–Kier alpha value is -1.35. The van der Waals surface area contributed by atoms with Crippen LogP contribution < -0.4 is 11.3 Å². The summed E-state index contributed by atoms with van der Waals surface area (Å²) < 4.78 is 0.